The van der Waals surface area contributed by atoms with Gasteiger partial charge in [0.05, 0.1) is 12.0 Å². The largest absolute Gasteiger partial charge is 0.466 e. The molecule has 0 N–H and O–H groups in total. The van der Waals surface area contributed by atoms with Crippen molar-refractivity contribution < 1.29 is 4.74 Å². The average molecular weight is 394 g/mol. The number of anilines is 1. The fraction of sp³-hybridized carbons (Fsp3) is 0.556. The molecule has 2 aliphatic heterocycles. The molecule has 0 saturated carbocycles. The van der Waals surface area contributed by atoms with Crippen molar-refractivity contribution in [3.63, 3.8) is 0 Å². The van der Waals surface area contributed by atoms with Crippen molar-refractivity contribution in [2.45, 2.75) is 86.9 Å². The van der Waals surface area contributed by atoms with Crippen LogP contribution in [0.25, 0.3) is 0 Å². The van der Waals surface area contributed by atoms with E-state index in [1.165, 1.54) is 22.4 Å². The van der Waals surface area contributed by atoms with Crippen molar-refractivity contribution in [3.8, 4) is 5.75 Å². The predicted octanol–water partition coefficient (Wildman–Crippen LogP) is 7.48. The Bertz CT molecular complexity index is 891. The molecular formula is C27H39NO. The van der Waals surface area contributed by atoms with Crippen molar-refractivity contribution in [2.75, 3.05) is 4.90 Å². The van der Waals surface area contributed by atoms with E-state index in [1.807, 2.05) is 0 Å². The van der Waals surface area contributed by atoms with E-state index in [0.717, 1.165) is 12.3 Å². The van der Waals surface area contributed by atoms with Gasteiger partial charge in [-0.05, 0) is 43.9 Å². The zero-order valence-corrected chi connectivity index (χ0v) is 20.1. The molecule has 2 aromatic rings. The van der Waals surface area contributed by atoms with E-state index < -0.39 is 5.72 Å². The third kappa shape index (κ3) is 3.56. The van der Waals surface area contributed by atoms with Crippen LogP contribution in [0.1, 0.15) is 79.0 Å². The molecule has 4 rings (SSSR count). The molecule has 2 heteroatoms. The summed E-state index contributed by atoms with van der Waals surface area (Å²) in [5.41, 5.74) is 5.21. The Morgan fingerprint density at radius 3 is 2.07 bits per heavy atom. The van der Waals surface area contributed by atoms with Gasteiger partial charge in [-0.3, -0.25) is 0 Å². The SMILES string of the molecule is CC(C)(C)C.Cc1ccc2c(c1)CN1c3ccccc3C(C)(C)C1(C(C)(C)C)O2. The molecule has 158 valence electrons. The van der Waals surface area contributed by atoms with Crippen molar-refractivity contribution >= 4 is 5.69 Å². The van der Waals surface area contributed by atoms with Crippen LogP contribution in [0.2, 0.25) is 0 Å². The third-order valence-electron chi connectivity index (χ3n) is 5.91. The molecule has 0 amide bonds. The van der Waals surface area contributed by atoms with Crippen LogP contribution in [0.15, 0.2) is 42.5 Å². The van der Waals surface area contributed by atoms with Crippen LogP contribution in [-0.2, 0) is 12.0 Å². The van der Waals surface area contributed by atoms with E-state index in [1.54, 1.807) is 0 Å². The Morgan fingerprint density at radius 2 is 1.48 bits per heavy atom. The Labute approximate surface area is 178 Å². The molecule has 0 radical (unpaired) electrons. The maximum atomic E-state index is 6.89. The lowest BCUT2D eigenvalue weighted by atomic mass is 9.65. The normalized spacial score (nSPS) is 21.9. The number of benzene rings is 2. The predicted molar refractivity (Wildman–Crippen MR) is 125 cm³/mol. The standard InChI is InChI=1S/C22H27NO.C5H12/c1-15-11-12-19-16(13-15)14-23-18-10-8-7-9-17(18)21(5,6)22(23,24-19)20(2,3)4;1-5(2,3)4/h7-13H,14H2,1-6H3;1-4H3. The second-order valence-corrected chi connectivity index (χ2v) is 11.8. The first-order valence-electron chi connectivity index (χ1n) is 10.8. The van der Waals surface area contributed by atoms with Gasteiger partial charge in [0.15, 0.2) is 5.72 Å². The lowest BCUT2D eigenvalue weighted by molar-refractivity contribution is -0.0889. The summed E-state index contributed by atoms with van der Waals surface area (Å²) < 4.78 is 6.89. The van der Waals surface area contributed by atoms with Gasteiger partial charge in [-0.25, -0.2) is 0 Å². The lowest BCUT2D eigenvalue weighted by Gasteiger charge is -2.57. The summed E-state index contributed by atoms with van der Waals surface area (Å²) in [6.45, 7) is 23.3. The number of rotatable bonds is 0. The monoisotopic (exact) mass is 393 g/mol. The summed E-state index contributed by atoms with van der Waals surface area (Å²) in [5.74, 6) is 1.03. The van der Waals surface area contributed by atoms with Crippen molar-refractivity contribution in [3.05, 3.63) is 59.2 Å². The molecule has 2 nitrogen and oxygen atoms in total. The number of nitrogens with zero attached hydrogens (tertiary/aromatic N) is 1. The number of ether oxygens (including phenoxy) is 1. The number of para-hydroxylation sites is 1. The summed E-state index contributed by atoms with van der Waals surface area (Å²) in [4.78, 5) is 2.50. The van der Waals surface area contributed by atoms with Gasteiger partial charge in [0.1, 0.15) is 5.75 Å². The minimum Gasteiger partial charge on any atom is -0.466 e. The molecule has 1 unspecified atom stereocenters. The summed E-state index contributed by atoms with van der Waals surface area (Å²) in [6.07, 6.45) is 0. The van der Waals surface area contributed by atoms with E-state index in [-0.39, 0.29) is 10.8 Å². The molecule has 0 saturated heterocycles. The van der Waals surface area contributed by atoms with Crippen LogP contribution in [0.5, 0.6) is 5.75 Å². The minimum atomic E-state index is -0.397. The van der Waals surface area contributed by atoms with Crippen LogP contribution < -0.4 is 9.64 Å². The Morgan fingerprint density at radius 1 is 0.897 bits per heavy atom. The van der Waals surface area contributed by atoms with Crippen LogP contribution in [0.3, 0.4) is 0 Å². The Balaban J connectivity index is 0.000000431. The first kappa shape index (κ1) is 21.7. The van der Waals surface area contributed by atoms with Crippen LogP contribution in [0.4, 0.5) is 5.69 Å². The smallest absolute Gasteiger partial charge is 0.197 e. The average Bonchev–Trinajstić information content (AvgIpc) is 2.77. The zero-order valence-electron chi connectivity index (χ0n) is 20.1. The van der Waals surface area contributed by atoms with E-state index in [9.17, 15) is 0 Å². The molecule has 2 aliphatic rings. The van der Waals surface area contributed by atoms with E-state index in [0.29, 0.717) is 5.41 Å². The van der Waals surface area contributed by atoms with Gasteiger partial charge in [0.25, 0.3) is 0 Å². The number of fused-ring (bicyclic) bond motifs is 4. The zero-order chi connectivity index (χ0) is 21.8. The van der Waals surface area contributed by atoms with Crippen molar-refractivity contribution in [1.29, 1.82) is 0 Å². The van der Waals surface area contributed by atoms with Gasteiger partial charge in [-0.1, -0.05) is 84.4 Å². The molecule has 0 spiro atoms. The molecule has 0 aliphatic carbocycles. The highest BCUT2D eigenvalue weighted by Crippen LogP contribution is 2.61. The fourth-order valence-corrected chi connectivity index (χ4v) is 5.06. The number of aryl methyl sites for hydroxylation is 1. The van der Waals surface area contributed by atoms with Crippen LogP contribution >= 0.6 is 0 Å². The van der Waals surface area contributed by atoms with Gasteiger partial charge in [0.2, 0.25) is 0 Å². The quantitative estimate of drug-likeness (QED) is 0.460. The summed E-state index contributed by atoms with van der Waals surface area (Å²) >= 11 is 0. The topological polar surface area (TPSA) is 12.5 Å². The van der Waals surface area contributed by atoms with Crippen LogP contribution in [0, 0.1) is 17.8 Å². The lowest BCUT2D eigenvalue weighted by Crippen LogP contribution is -2.68. The Hall–Kier alpha value is -1.96. The number of hydrogen-bond donors (Lipinski definition) is 0. The molecule has 0 fully saturated rings. The third-order valence-corrected chi connectivity index (χ3v) is 5.91. The van der Waals surface area contributed by atoms with Gasteiger partial charge in [0, 0.05) is 16.7 Å². The second kappa shape index (κ2) is 6.79. The molecule has 0 aromatic heterocycles. The van der Waals surface area contributed by atoms with Crippen molar-refractivity contribution in [2.24, 2.45) is 10.8 Å². The van der Waals surface area contributed by atoms with E-state index >= 15 is 0 Å². The van der Waals surface area contributed by atoms with Gasteiger partial charge < -0.3 is 9.64 Å². The summed E-state index contributed by atoms with van der Waals surface area (Å²) in [6, 6.07) is 15.4. The molecule has 2 heterocycles. The highest BCUT2D eigenvalue weighted by Gasteiger charge is 2.66. The molecule has 1 atom stereocenters. The second-order valence-electron chi connectivity index (χ2n) is 11.8. The fourth-order valence-electron chi connectivity index (χ4n) is 5.06. The van der Waals surface area contributed by atoms with Gasteiger partial charge in [-0.2, -0.15) is 0 Å². The van der Waals surface area contributed by atoms with E-state index in [4.69, 9.17) is 4.74 Å². The van der Waals surface area contributed by atoms with Crippen molar-refractivity contribution in [1.82, 2.24) is 0 Å². The highest BCUT2D eigenvalue weighted by atomic mass is 16.5. The summed E-state index contributed by atoms with van der Waals surface area (Å²) in [7, 11) is 0. The van der Waals surface area contributed by atoms with Crippen LogP contribution in [-0.4, -0.2) is 5.72 Å². The van der Waals surface area contributed by atoms with Gasteiger partial charge in [-0.15, -0.1) is 0 Å². The molecule has 0 bridgehead atoms. The maximum absolute atomic E-state index is 6.89. The molecular weight excluding hydrogens is 354 g/mol. The Kier molecular flexibility index (Phi) is 5.09. The van der Waals surface area contributed by atoms with E-state index in [2.05, 4.69) is 117 Å². The molecule has 2 aromatic carbocycles. The minimum absolute atomic E-state index is 0.0436. The highest BCUT2D eigenvalue weighted by molar-refractivity contribution is 5.68. The molecule has 29 heavy (non-hydrogen) atoms. The maximum Gasteiger partial charge on any atom is 0.197 e. The van der Waals surface area contributed by atoms with Gasteiger partial charge >= 0.3 is 0 Å². The summed E-state index contributed by atoms with van der Waals surface area (Å²) in [5, 5.41) is 0. The first-order valence-corrected chi connectivity index (χ1v) is 10.8. The number of hydrogen-bond acceptors (Lipinski definition) is 2. The first-order chi connectivity index (χ1) is 13.2.